The summed E-state index contributed by atoms with van der Waals surface area (Å²) in [6.07, 6.45) is 0. The quantitative estimate of drug-likeness (QED) is 0.125. The van der Waals surface area contributed by atoms with Crippen LogP contribution in [0.25, 0.3) is 76.2 Å². The van der Waals surface area contributed by atoms with Crippen LogP contribution >= 0.6 is 0 Å². The van der Waals surface area contributed by atoms with Crippen molar-refractivity contribution in [1.29, 1.82) is 0 Å². The first-order valence-corrected chi connectivity index (χ1v) is 20.2. The Morgan fingerprint density at radius 3 is 1.19 bits per heavy atom. The topological polar surface area (TPSA) is 26.3 Å². The Balaban J connectivity index is 1.16. The first kappa shape index (κ1) is 33.0. The Morgan fingerprint density at radius 2 is 0.724 bits per heavy atom. The van der Waals surface area contributed by atoms with Crippen molar-refractivity contribution in [1.82, 2.24) is 0 Å². The van der Waals surface area contributed by atoms with E-state index in [9.17, 15) is 0 Å². The third-order valence-corrected chi connectivity index (χ3v) is 12.6. The zero-order chi connectivity index (χ0) is 38.5. The highest BCUT2D eigenvalue weighted by molar-refractivity contribution is 6.25. The number of rotatable bonds is 6. The van der Waals surface area contributed by atoms with Crippen molar-refractivity contribution < 1.29 is 8.83 Å². The van der Waals surface area contributed by atoms with Gasteiger partial charge in [0.1, 0.15) is 22.3 Å². The van der Waals surface area contributed by atoms with Gasteiger partial charge in [-0.3, -0.25) is 0 Å². The normalized spacial score (nSPS) is 13.2. The monoisotopic (exact) mass is 742 g/mol. The second-order valence-corrected chi connectivity index (χ2v) is 16.1. The van der Waals surface area contributed by atoms with Crippen molar-refractivity contribution in [2.45, 2.75) is 25.7 Å². The van der Waals surface area contributed by atoms with E-state index in [1.807, 2.05) is 0 Å². The molecule has 2 aromatic heterocycles. The predicted molar refractivity (Wildman–Crippen MR) is 242 cm³/mol. The highest BCUT2D eigenvalue weighted by atomic mass is 16.3. The van der Waals surface area contributed by atoms with Gasteiger partial charge in [0.2, 0.25) is 0 Å². The molecule has 0 N–H and O–H groups in total. The molecule has 274 valence electrons. The van der Waals surface area contributed by atoms with Crippen LogP contribution in [0.5, 0.6) is 0 Å². The van der Waals surface area contributed by atoms with E-state index in [1.54, 1.807) is 0 Å². The highest BCUT2D eigenvalue weighted by Crippen LogP contribution is 2.49. The maximum atomic E-state index is 6.76. The van der Waals surface area contributed by atoms with E-state index >= 15 is 0 Å². The highest BCUT2D eigenvalue weighted by Gasteiger charge is 2.29. The first-order chi connectivity index (χ1) is 28.6. The van der Waals surface area contributed by atoms with Crippen LogP contribution in [-0.2, 0) is 0 Å². The van der Waals surface area contributed by atoms with Gasteiger partial charge < -0.3 is 8.83 Å². The third kappa shape index (κ3) is 4.91. The number of para-hydroxylation sites is 4. The fraction of sp³-hybridized carbons (Fsp3) is 0.0714. The second kappa shape index (κ2) is 12.7. The van der Waals surface area contributed by atoms with E-state index in [4.69, 9.17) is 8.83 Å². The minimum Gasteiger partial charge on any atom is -0.456 e. The number of benzene rings is 10. The molecule has 2 heteroatoms. The average molecular weight is 743 g/mol. The predicted octanol–water partition coefficient (Wildman–Crippen LogP) is 15.4. The number of hydrogen-bond acceptors (Lipinski definition) is 2. The molecule has 0 aliphatic rings. The number of furan rings is 2. The summed E-state index contributed by atoms with van der Waals surface area (Å²) in [7, 11) is 0. The molecule has 0 fully saturated rings. The summed E-state index contributed by atoms with van der Waals surface area (Å²) < 4.78 is 13.5. The molecule has 0 aliphatic carbocycles. The van der Waals surface area contributed by atoms with E-state index in [0.29, 0.717) is 0 Å². The van der Waals surface area contributed by atoms with Crippen LogP contribution < -0.4 is 0 Å². The van der Waals surface area contributed by atoms with Crippen molar-refractivity contribution in [2.75, 3.05) is 0 Å². The minimum absolute atomic E-state index is 0.0661. The Bertz CT molecular complexity index is 3320. The number of aryl methyl sites for hydroxylation is 2. The van der Waals surface area contributed by atoms with Crippen LogP contribution in [0.15, 0.2) is 191 Å². The lowest BCUT2D eigenvalue weighted by Gasteiger charge is -2.26. The Morgan fingerprint density at radius 1 is 0.328 bits per heavy atom. The summed E-state index contributed by atoms with van der Waals surface area (Å²) in [5.74, 6) is -0.132. The molecule has 0 bridgehead atoms. The Labute approximate surface area is 335 Å². The standard InChI is InChI=1S/C56H38O2/c1-33-13-7-15-35(29-33)51(45-25-11-23-43-39-19-3-5-27-49(39)57-55(43)45)47-31-37-17-10-22-42-48(32-38-18-9-21-41(47)53(38)54(37)42)52(36-16-8-14-34(2)30-36)46-26-12-24-44-40-20-4-6-28-50(40)58-56(44)46/h3-32,51-52H,1-2H3. The molecule has 2 nitrogen and oxygen atoms in total. The lowest BCUT2D eigenvalue weighted by Crippen LogP contribution is -2.08. The van der Waals surface area contributed by atoms with Crippen LogP contribution in [-0.4, -0.2) is 0 Å². The maximum Gasteiger partial charge on any atom is 0.139 e. The SMILES string of the molecule is Cc1cccc(C(c2cc3cccc4c(C(c5cccc(C)c5)c5cccc6c5oc5ccccc56)cc5cccc2c5c34)c2cccc3c2oc2ccccc23)c1. The molecular weight excluding hydrogens is 705 g/mol. The van der Waals surface area contributed by atoms with Crippen LogP contribution in [0.3, 0.4) is 0 Å². The van der Waals surface area contributed by atoms with Gasteiger partial charge in [0.05, 0.1) is 0 Å². The van der Waals surface area contributed by atoms with Crippen molar-refractivity contribution in [3.05, 3.63) is 226 Å². The molecule has 0 amide bonds. The molecule has 12 rings (SSSR count). The molecule has 2 heterocycles. The van der Waals surface area contributed by atoms with Gasteiger partial charge in [-0.2, -0.15) is 0 Å². The van der Waals surface area contributed by atoms with Crippen molar-refractivity contribution >= 4 is 76.2 Å². The van der Waals surface area contributed by atoms with E-state index in [1.165, 1.54) is 76.8 Å². The summed E-state index contributed by atoms with van der Waals surface area (Å²) in [6, 6.07) is 66.8. The fourth-order valence-electron chi connectivity index (χ4n) is 10.1. The van der Waals surface area contributed by atoms with E-state index < -0.39 is 0 Å². The van der Waals surface area contributed by atoms with Crippen molar-refractivity contribution in [2.24, 2.45) is 0 Å². The summed E-state index contributed by atoms with van der Waals surface area (Å²) in [5.41, 5.74) is 13.6. The van der Waals surface area contributed by atoms with E-state index in [-0.39, 0.29) is 11.8 Å². The molecule has 58 heavy (non-hydrogen) atoms. The molecule has 0 saturated heterocycles. The van der Waals surface area contributed by atoms with Gasteiger partial charge in [0, 0.05) is 44.5 Å². The second-order valence-electron chi connectivity index (χ2n) is 16.1. The molecule has 0 spiro atoms. The average Bonchev–Trinajstić information content (AvgIpc) is 3.83. The fourth-order valence-corrected chi connectivity index (χ4v) is 10.1. The summed E-state index contributed by atoms with van der Waals surface area (Å²) >= 11 is 0. The lowest BCUT2D eigenvalue weighted by atomic mass is 9.77. The van der Waals surface area contributed by atoms with Gasteiger partial charge in [-0.15, -0.1) is 0 Å². The van der Waals surface area contributed by atoms with Crippen LogP contribution in [0.1, 0.15) is 56.3 Å². The Hall–Kier alpha value is -7.16. The minimum atomic E-state index is -0.0661. The summed E-state index contributed by atoms with van der Waals surface area (Å²) in [5, 5.41) is 12.2. The molecule has 0 radical (unpaired) electrons. The molecule has 10 aromatic carbocycles. The van der Waals surface area contributed by atoms with Gasteiger partial charge >= 0.3 is 0 Å². The molecule has 2 unspecified atom stereocenters. The van der Waals surface area contributed by atoms with Gasteiger partial charge in [-0.05, 0) is 92.7 Å². The van der Waals surface area contributed by atoms with Gasteiger partial charge in [0.25, 0.3) is 0 Å². The molecule has 0 saturated carbocycles. The molecule has 12 aromatic rings. The lowest BCUT2D eigenvalue weighted by molar-refractivity contribution is 0.661. The smallest absolute Gasteiger partial charge is 0.139 e. The van der Waals surface area contributed by atoms with Crippen LogP contribution in [0.4, 0.5) is 0 Å². The van der Waals surface area contributed by atoms with E-state index in [0.717, 1.165) is 43.9 Å². The number of fused-ring (bicyclic) bond motifs is 6. The van der Waals surface area contributed by atoms with Crippen LogP contribution in [0.2, 0.25) is 0 Å². The third-order valence-electron chi connectivity index (χ3n) is 12.6. The molecule has 2 atom stereocenters. The van der Waals surface area contributed by atoms with Crippen molar-refractivity contribution in [3.8, 4) is 0 Å². The van der Waals surface area contributed by atoms with Gasteiger partial charge in [-0.25, -0.2) is 0 Å². The van der Waals surface area contributed by atoms with Gasteiger partial charge in [-0.1, -0.05) is 169 Å². The Kier molecular flexibility index (Phi) is 7.22. The molecule has 0 aliphatic heterocycles. The largest absolute Gasteiger partial charge is 0.456 e. The zero-order valence-electron chi connectivity index (χ0n) is 32.3. The van der Waals surface area contributed by atoms with Gasteiger partial charge in [0.15, 0.2) is 0 Å². The molecular formula is C56H38O2. The summed E-state index contributed by atoms with van der Waals surface area (Å²) in [4.78, 5) is 0. The first-order valence-electron chi connectivity index (χ1n) is 20.2. The maximum absolute atomic E-state index is 6.76. The summed E-state index contributed by atoms with van der Waals surface area (Å²) in [6.45, 7) is 4.37. The van der Waals surface area contributed by atoms with Crippen LogP contribution in [0, 0.1) is 13.8 Å². The number of hydrogen-bond donors (Lipinski definition) is 0. The zero-order valence-corrected chi connectivity index (χ0v) is 32.3. The van der Waals surface area contributed by atoms with Crippen molar-refractivity contribution in [3.63, 3.8) is 0 Å². The van der Waals surface area contributed by atoms with E-state index in [2.05, 4.69) is 196 Å².